The van der Waals surface area contributed by atoms with Gasteiger partial charge in [0.05, 0.1) is 29.2 Å². The molecule has 7 heteroatoms. The maximum Gasteiger partial charge on any atom is 0.261 e. The fourth-order valence-electron chi connectivity index (χ4n) is 2.80. The zero-order valence-corrected chi connectivity index (χ0v) is 14.3. The van der Waals surface area contributed by atoms with Crippen LogP contribution in [0.2, 0.25) is 0 Å². The molecular formula is C19H18N4O3. The standard InChI is InChI=1S/C19H18N4O3/c1-13(11-23-12-21-16-6-3-2-5-15(16)19(23)24)20-10-14-9-18(26-22-14)17-7-4-8-25-17/h2-9,12-13,20H,10-11H2,1H3. The predicted octanol–water partition coefficient (Wildman–Crippen LogP) is 2.82. The van der Waals surface area contributed by atoms with Crippen LogP contribution in [-0.2, 0) is 13.1 Å². The first-order valence-electron chi connectivity index (χ1n) is 8.38. The van der Waals surface area contributed by atoms with E-state index in [0.717, 1.165) is 5.69 Å². The van der Waals surface area contributed by atoms with Crippen molar-refractivity contribution in [2.75, 3.05) is 0 Å². The number of fused-ring (bicyclic) bond motifs is 1. The Labute approximate surface area is 149 Å². The SMILES string of the molecule is CC(Cn1cnc2ccccc2c1=O)NCc1cc(-c2ccco2)on1. The van der Waals surface area contributed by atoms with Crippen LogP contribution >= 0.6 is 0 Å². The summed E-state index contributed by atoms with van der Waals surface area (Å²) in [6.45, 7) is 3.05. The van der Waals surface area contributed by atoms with Crippen LogP contribution in [0.25, 0.3) is 22.4 Å². The van der Waals surface area contributed by atoms with Crippen molar-refractivity contribution in [3.05, 3.63) is 71.1 Å². The van der Waals surface area contributed by atoms with Crippen LogP contribution in [-0.4, -0.2) is 20.7 Å². The molecule has 0 fully saturated rings. The normalized spacial score (nSPS) is 12.5. The number of nitrogens with one attached hydrogen (secondary N) is 1. The molecule has 4 aromatic rings. The second-order valence-corrected chi connectivity index (χ2v) is 6.16. The lowest BCUT2D eigenvalue weighted by Crippen LogP contribution is -2.34. The summed E-state index contributed by atoms with van der Waals surface area (Å²) in [7, 11) is 0. The molecule has 0 spiro atoms. The Balaban J connectivity index is 1.41. The predicted molar refractivity (Wildman–Crippen MR) is 96.5 cm³/mol. The third-order valence-electron chi connectivity index (χ3n) is 4.16. The average molecular weight is 350 g/mol. The Kier molecular flexibility index (Phi) is 4.37. The minimum atomic E-state index is -0.0363. The topological polar surface area (TPSA) is 86.1 Å². The number of nitrogens with zero attached hydrogens (tertiary/aromatic N) is 3. The van der Waals surface area contributed by atoms with Crippen molar-refractivity contribution in [3.63, 3.8) is 0 Å². The molecule has 0 aliphatic heterocycles. The molecule has 4 rings (SSSR count). The Bertz CT molecular complexity index is 1070. The minimum Gasteiger partial charge on any atom is -0.461 e. The van der Waals surface area contributed by atoms with Gasteiger partial charge in [0.15, 0.2) is 5.76 Å². The molecule has 0 aliphatic rings. The Morgan fingerprint density at radius 3 is 2.92 bits per heavy atom. The summed E-state index contributed by atoms with van der Waals surface area (Å²) in [5.41, 5.74) is 1.44. The van der Waals surface area contributed by atoms with Crippen molar-refractivity contribution in [2.24, 2.45) is 0 Å². The maximum absolute atomic E-state index is 12.5. The van der Waals surface area contributed by atoms with Gasteiger partial charge in [-0.1, -0.05) is 17.3 Å². The summed E-state index contributed by atoms with van der Waals surface area (Å²) < 4.78 is 12.2. The van der Waals surface area contributed by atoms with Gasteiger partial charge in [0.2, 0.25) is 5.76 Å². The van der Waals surface area contributed by atoms with Crippen molar-refractivity contribution >= 4 is 10.9 Å². The molecule has 0 saturated heterocycles. The summed E-state index contributed by atoms with van der Waals surface area (Å²) in [5, 5.41) is 8.00. The second kappa shape index (κ2) is 6.97. The highest BCUT2D eigenvalue weighted by Gasteiger charge is 2.11. The van der Waals surface area contributed by atoms with E-state index >= 15 is 0 Å². The first-order valence-corrected chi connectivity index (χ1v) is 8.38. The van der Waals surface area contributed by atoms with E-state index in [1.165, 1.54) is 0 Å². The largest absolute Gasteiger partial charge is 0.461 e. The van der Waals surface area contributed by atoms with E-state index in [0.29, 0.717) is 35.5 Å². The minimum absolute atomic E-state index is 0.0363. The first-order chi connectivity index (χ1) is 12.7. The molecular weight excluding hydrogens is 332 g/mol. The molecule has 0 amide bonds. The highest BCUT2D eigenvalue weighted by atomic mass is 16.5. The average Bonchev–Trinajstić information content (AvgIpc) is 3.34. The molecule has 0 bridgehead atoms. The molecule has 3 aromatic heterocycles. The van der Waals surface area contributed by atoms with Crippen LogP contribution in [0.1, 0.15) is 12.6 Å². The molecule has 1 unspecified atom stereocenters. The molecule has 26 heavy (non-hydrogen) atoms. The fraction of sp³-hybridized carbons (Fsp3) is 0.211. The Morgan fingerprint density at radius 1 is 1.19 bits per heavy atom. The summed E-state index contributed by atoms with van der Waals surface area (Å²) in [5.74, 6) is 1.24. The van der Waals surface area contributed by atoms with E-state index in [9.17, 15) is 4.79 Å². The monoisotopic (exact) mass is 350 g/mol. The number of para-hydroxylation sites is 1. The zero-order valence-electron chi connectivity index (χ0n) is 14.3. The lowest BCUT2D eigenvalue weighted by atomic mass is 10.2. The lowest BCUT2D eigenvalue weighted by Gasteiger charge is -2.14. The molecule has 0 radical (unpaired) electrons. The maximum atomic E-state index is 12.5. The fourth-order valence-corrected chi connectivity index (χ4v) is 2.80. The van der Waals surface area contributed by atoms with E-state index < -0.39 is 0 Å². The second-order valence-electron chi connectivity index (χ2n) is 6.16. The summed E-state index contributed by atoms with van der Waals surface area (Å²) in [4.78, 5) is 16.9. The molecule has 132 valence electrons. The summed E-state index contributed by atoms with van der Waals surface area (Å²) in [6, 6.07) is 12.9. The van der Waals surface area contributed by atoms with Crippen molar-refractivity contribution < 1.29 is 8.94 Å². The van der Waals surface area contributed by atoms with Crippen molar-refractivity contribution in [3.8, 4) is 11.5 Å². The van der Waals surface area contributed by atoms with E-state index in [1.54, 1.807) is 29.3 Å². The van der Waals surface area contributed by atoms with Crippen LogP contribution in [0, 0.1) is 0 Å². The van der Waals surface area contributed by atoms with Gasteiger partial charge in [-0.3, -0.25) is 9.36 Å². The van der Waals surface area contributed by atoms with Crippen LogP contribution in [0.15, 0.2) is 68.8 Å². The van der Waals surface area contributed by atoms with Gasteiger partial charge in [-0.15, -0.1) is 0 Å². The smallest absolute Gasteiger partial charge is 0.261 e. The van der Waals surface area contributed by atoms with Gasteiger partial charge < -0.3 is 14.3 Å². The summed E-state index contributed by atoms with van der Waals surface area (Å²) >= 11 is 0. The lowest BCUT2D eigenvalue weighted by molar-refractivity contribution is 0.400. The van der Waals surface area contributed by atoms with Gasteiger partial charge in [-0.2, -0.15) is 0 Å². The van der Waals surface area contributed by atoms with Gasteiger partial charge in [-0.25, -0.2) is 4.98 Å². The number of aromatic nitrogens is 3. The molecule has 3 heterocycles. The first kappa shape index (κ1) is 16.3. The number of furan rings is 1. The zero-order chi connectivity index (χ0) is 17.9. The van der Waals surface area contributed by atoms with Gasteiger partial charge >= 0.3 is 0 Å². The third kappa shape index (κ3) is 3.29. The third-order valence-corrected chi connectivity index (χ3v) is 4.16. The molecule has 1 atom stereocenters. The van der Waals surface area contributed by atoms with Gasteiger partial charge in [0.25, 0.3) is 5.56 Å². The van der Waals surface area contributed by atoms with Crippen LogP contribution in [0.3, 0.4) is 0 Å². The number of hydrogen-bond donors (Lipinski definition) is 1. The molecule has 7 nitrogen and oxygen atoms in total. The molecule has 1 aromatic carbocycles. The van der Waals surface area contributed by atoms with E-state index in [-0.39, 0.29) is 11.6 Å². The number of hydrogen-bond acceptors (Lipinski definition) is 6. The van der Waals surface area contributed by atoms with Gasteiger partial charge in [0.1, 0.15) is 0 Å². The number of rotatable bonds is 6. The highest BCUT2D eigenvalue weighted by Crippen LogP contribution is 2.20. The van der Waals surface area contributed by atoms with E-state index in [1.807, 2.05) is 37.3 Å². The van der Waals surface area contributed by atoms with Crippen molar-refractivity contribution in [1.29, 1.82) is 0 Å². The summed E-state index contributed by atoms with van der Waals surface area (Å²) in [6.07, 6.45) is 3.18. The van der Waals surface area contributed by atoms with Crippen LogP contribution in [0.4, 0.5) is 0 Å². The van der Waals surface area contributed by atoms with Crippen LogP contribution < -0.4 is 10.9 Å². The van der Waals surface area contributed by atoms with E-state index in [4.69, 9.17) is 8.94 Å². The van der Waals surface area contributed by atoms with Crippen molar-refractivity contribution in [1.82, 2.24) is 20.0 Å². The number of benzene rings is 1. The molecule has 1 N–H and O–H groups in total. The molecule has 0 saturated carbocycles. The van der Waals surface area contributed by atoms with Crippen LogP contribution in [0.5, 0.6) is 0 Å². The molecule has 0 aliphatic carbocycles. The Hall–Kier alpha value is -3.19. The quantitative estimate of drug-likeness (QED) is 0.575. The van der Waals surface area contributed by atoms with Gasteiger partial charge in [0, 0.05) is 25.2 Å². The van der Waals surface area contributed by atoms with E-state index in [2.05, 4.69) is 15.5 Å². The van der Waals surface area contributed by atoms with Crippen molar-refractivity contribution in [2.45, 2.75) is 26.1 Å². The van der Waals surface area contributed by atoms with Gasteiger partial charge in [-0.05, 0) is 31.2 Å². The Morgan fingerprint density at radius 2 is 2.08 bits per heavy atom. The highest BCUT2D eigenvalue weighted by molar-refractivity contribution is 5.76.